The van der Waals surface area contributed by atoms with Crippen molar-refractivity contribution in [1.29, 1.82) is 0 Å². The Morgan fingerprint density at radius 1 is 0.939 bits per heavy atom. The Bertz CT molecular complexity index is 949. The molecule has 2 N–H and O–H groups in total. The van der Waals surface area contributed by atoms with Gasteiger partial charge in [-0.05, 0) is 92.3 Å². The number of carboxylic acids is 1. The number of carboxylic acid groups (broad SMARTS) is 1. The van der Waals surface area contributed by atoms with E-state index in [1.54, 1.807) is 0 Å². The first-order valence-electron chi connectivity index (χ1n) is 13.2. The molecule has 0 heterocycles. The Balaban J connectivity index is 1.61. The highest BCUT2D eigenvalue weighted by Gasteiger charge is 2.72. The minimum atomic E-state index is -0.889. The number of fused-ring (bicyclic) bond motifs is 7. The summed E-state index contributed by atoms with van der Waals surface area (Å²) in [7, 11) is 0. The number of hydrogen-bond acceptors (Lipinski definition) is 3. The summed E-state index contributed by atoms with van der Waals surface area (Å²) >= 11 is 0. The number of carbonyl (C=O) groups excluding carboxylic acids is 1. The zero-order valence-electron chi connectivity index (χ0n) is 21.8. The van der Waals surface area contributed by atoms with Crippen molar-refractivity contribution in [2.75, 3.05) is 0 Å². The number of allylic oxidation sites excluding steroid dienone is 2. The smallest absolute Gasteiger partial charge is 0.309 e. The average Bonchev–Trinajstić information content (AvgIpc) is 2.87. The van der Waals surface area contributed by atoms with Gasteiger partial charge in [0.1, 0.15) is 6.10 Å². The molecular weight excluding hydrogens is 412 g/mol. The Morgan fingerprint density at radius 3 is 2.21 bits per heavy atom. The van der Waals surface area contributed by atoms with E-state index in [4.69, 9.17) is 0 Å². The molecule has 4 fully saturated rings. The lowest BCUT2D eigenvalue weighted by atomic mass is 9.35. The molecule has 33 heavy (non-hydrogen) atoms. The van der Waals surface area contributed by atoms with E-state index >= 15 is 0 Å². The van der Waals surface area contributed by atoms with Crippen LogP contribution in [0.4, 0.5) is 0 Å². The van der Waals surface area contributed by atoms with Gasteiger partial charge >= 0.3 is 5.97 Å². The second-order valence-electron chi connectivity index (χ2n) is 14.4. The van der Waals surface area contributed by atoms with Crippen LogP contribution in [0, 0.1) is 50.2 Å². The van der Waals surface area contributed by atoms with Gasteiger partial charge in [0.25, 0.3) is 0 Å². The van der Waals surface area contributed by atoms with Crippen LogP contribution in [0.1, 0.15) is 99.8 Å². The number of carbonyl (C=O) groups is 2. The molecule has 4 heteroatoms. The SMILES string of the molecule is CC1(C)C(=O)[C@@H](O)[C@]2(C)[C@H]3CC=C4[C@@H]5C[C@@](C)(C(=O)O)CC[C@]5(C)CC[C@@]4(C)[C@]3(C)CC[C@@H]12. The lowest BCUT2D eigenvalue weighted by molar-refractivity contribution is -0.172. The van der Waals surface area contributed by atoms with E-state index < -0.39 is 28.3 Å². The van der Waals surface area contributed by atoms with E-state index in [9.17, 15) is 19.8 Å². The first-order chi connectivity index (χ1) is 15.1. The number of hydrogen-bond donors (Lipinski definition) is 2. The third kappa shape index (κ3) is 2.57. The Hall–Kier alpha value is -1.16. The molecule has 5 aliphatic rings. The van der Waals surface area contributed by atoms with Crippen molar-refractivity contribution >= 4 is 11.8 Å². The minimum Gasteiger partial charge on any atom is -0.481 e. The van der Waals surface area contributed by atoms with Gasteiger partial charge in [-0.3, -0.25) is 9.59 Å². The molecule has 0 amide bonds. The van der Waals surface area contributed by atoms with Crippen LogP contribution in [-0.4, -0.2) is 28.1 Å². The van der Waals surface area contributed by atoms with Crippen LogP contribution in [0.25, 0.3) is 0 Å². The van der Waals surface area contributed by atoms with E-state index in [0.717, 1.165) is 51.4 Å². The monoisotopic (exact) mass is 456 g/mol. The van der Waals surface area contributed by atoms with Gasteiger partial charge in [-0.15, -0.1) is 0 Å². The molecule has 0 radical (unpaired) electrons. The van der Waals surface area contributed by atoms with Crippen molar-refractivity contribution in [3.05, 3.63) is 11.6 Å². The number of aliphatic hydroxyl groups excluding tert-OH is 1. The molecule has 0 saturated heterocycles. The van der Waals surface area contributed by atoms with Crippen molar-refractivity contribution < 1.29 is 19.8 Å². The maximum Gasteiger partial charge on any atom is 0.309 e. The molecule has 4 saturated carbocycles. The highest BCUT2D eigenvalue weighted by Crippen LogP contribution is 2.76. The fourth-order valence-electron chi connectivity index (χ4n) is 10.2. The topological polar surface area (TPSA) is 74.6 Å². The molecule has 184 valence electrons. The van der Waals surface area contributed by atoms with Gasteiger partial charge in [-0.25, -0.2) is 0 Å². The molecule has 0 bridgehead atoms. The summed E-state index contributed by atoms with van der Waals surface area (Å²) in [5.74, 6) is 0.154. The van der Waals surface area contributed by atoms with Crippen molar-refractivity contribution in [2.24, 2.45) is 50.2 Å². The zero-order valence-corrected chi connectivity index (χ0v) is 21.8. The molecule has 0 aromatic heterocycles. The Kier molecular flexibility index (Phi) is 4.67. The van der Waals surface area contributed by atoms with Crippen LogP contribution in [0.2, 0.25) is 0 Å². The van der Waals surface area contributed by atoms with Crippen LogP contribution in [0.5, 0.6) is 0 Å². The molecule has 5 rings (SSSR count). The lowest BCUT2D eigenvalue weighted by Crippen LogP contribution is -2.62. The van der Waals surface area contributed by atoms with Gasteiger partial charge in [0.2, 0.25) is 0 Å². The quantitative estimate of drug-likeness (QED) is 0.473. The standard InChI is InChI=1S/C29H44O4/c1-24(2)19-10-11-28(6)20(29(19,7)22(31)21(24)30)9-8-17-18-16-26(4,23(32)33)13-12-25(18,3)14-15-27(17,28)5/h8,18-20,22,31H,9-16H2,1-7H3,(H,32,33)/t18-,19-,20-,22+,25+,26-,27+,28+,29-/m0/s1. The van der Waals surface area contributed by atoms with Crippen LogP contribution in [0.15, 0.2) is 11.6 Å². The molecular formula is C29H44O4. The first-order valence-corrected chi connectivity index (χ1v) is 13.2. The Morgan fingerprint density at radius 2 is 1.58 bits per heavy atom. The predicted octanol–water partition coefficient (Wildman–Crippen LogP) is 6.02. The Labute approximate surface area is 199 Å². The van der Waals surface area contributed by atoms with Gasteiger partial charge in [0.05, 0.1) is 5.41 Å². The summed E-state index contributed by atoms with van der Waals surface area (Å²) in [5.41, 5.74) is 0.142. The minimum absolute atomic E-state index is 0.00240. The summed E-state index contributed by atoms with van der Waals surface area (Å²) in [6.07, 6.45) is 9.26. The number of aliphatic carboxylic acids is 1. The summed E-state index contributed by atoms with van der Waals surface area (Å²) in [4.78, 5) is 25.4. The van der Waals surface area contributed by atoms with Crippen LogP contribution in [-0.2, 0) is 9.59 Å². The summed E-state index contributed by atoms with van der Waals surface area (Å²) in [5, 5.41) is 21.4. The van der Waals surface area contributed by atoms with Crippen LogP contribution in [0.3, 0.4) is 0 Å². The lowest BCUT2D eigenvalue weighted by Gasteiger charge is -2.68. The molecule has 0 spiro atoms. The molecule has 5 aliphatic carbocycles. The van der Waals surface area contributed by atoms with Gasteiger partial charge < -0.3 is 10.2 Å². The second-order valence-corrected chi connectivity index (χ2v) is 14.4. The molecule has 0 aromatic carbocycles. The van der Waals surface area contributed by atoms with Crippen LogP contribution >= 0.6 is 0 Å². The average molecular weight is 457 g/mol. The molecule has 0 aliphatic heterocycles. The maximum absolute atomic E-state index is 13.2. The van der Waals surface area contributed by atoms with Crippen molar-refractivity contribution in [3.8, 4) is 0 Å². The molecule has 9 atom stereocenters. The van der Waals surface area contributed by atoms with E-state index in [-0.39, 0.29) is 33.9 Å². The van der Waals surface area contributed by atoms with Crippen molar-refractivity contribution in [2.45, 2.75) is 106 Å². The maximum atomic E-state index is 13.2. The highest BCUT2D eigenvalue weighted by molar-refractivity contribution is 5.92. The van der Waals surface area contributed by atoms with E-state index in [1.165, 1.54) is 5.57 Å². The first kappa shape index (κ1) is 23.6. The van der Waals surface area contributed by atoms with E-state index in [1.807, 2.05) is 20.8 Å². The van der Waals surface area contributed by atoms with Gasteiger partial charge in [-0.2, -0.15) is 0 Å². The van der Waals surface area contributed by atoms with E-state index in [0.29, 0.717) is 5.92 Å². The second kappa shape index (κ2) is 6.53. The molecule has 0 unspecified atom stereocenters. The summed E-state index contributed by atoms with van der Waals surface area (Å²) in [6.45, 7) is 15.5. The number of aliphatic hydroxyl groups is 1. The highest BCUT2D eigenvalue weighted by atomic mass is 16.4. The normalized spacial score (nSPS) is 55.0. The fourth-order valence-corrected chi connectivity index (χ4v) is 10.2. The third-order valence-electron chi connectivity index (χ3n) is 12.9. The predicted molar refractivity (Wildman–Crippen MR) is 128 cm³/mol. The van der Waals surface area contributed by atoms with E-state index in [2.05, 4.69) is 33.8 Å². The summed E-state index contributed by atoms with van der Waals surface area (Å²) in [6, 6.07) is 0. The van der Waals surface area contributed by atoms with Gasteiger partial charge in [0, 0.05) is 10.8 Å². The van der Waals surface area contributed by atoms with Gasteiger partial charge in [-0.1, -0.05) is 53.2 Å². The fraction of sp³-hybridized carbons (Fsp3) is 0.862. The van der Waals surface area contributed by atoms with Gasteiger partial charge in [0.15, 0.2) is 5.78 Å². The zero-order chi connectivity index (χ0) is 24.4. The number of rotatable bonds is 1. The summed E-state index contributed by atoms with van der Waals surface area (Å²) < 4.78 is 0. The number of Topliss-reactive ketones (excluding diaryl/α,β-unsaturated/α-hetero) is 1. The van der Waals surface area contributed by atoms with Crippen molar-refractivity contribution in [1.82, 2.24) is 0 Å². The van der Waals surface area contributed by atoms with Crippen molar-refractivity contribution in [3.63, 3.8) is 0 Å². The largest absolute Gasteiger partial charge is 0.481 e. The molecule has 0 aromatic rings. The van der Waals surface area contributed by atoms with Crippen LogP contribution < -0.4 is 0 Å². The third-order valence-corrected chi connectivity index (χ3v) is 12.9. The number of ketones is 1. The molecule has 4 nitrogen and oxygen atoms in total.